The van der Waals surface area contributed by atoms with Crippen molar-refractivity contribution in [3.05, 3.63) is 17.5 Å². The fourth-order valence-electron chi connectivity index (χ4n) is 1.61. The number of aryl methyl sites for hydroxylation is 1. The summed E-state index contributed by atoms with van der Waals surface area (Å²) in [5.41, 5.74) is 0.919. The van der Waals surface area contributed by atoms with Gasteiger partial charge in [-0.05, 0) is 6.92 Å². The van der Waals surface area contributed by atoms with Gasteiger partial charge >= 0.3 is 0 Å². The van der Waals surface area contributed by atoms with Gasteiger partial charge in [0.2, 0.25) is 0 Å². The first kappa shape index (κ1) is 10.6. The Bertz CT molecular complexity index is 295. The average Bonchev–Trinajstić information content (AvgIpc) is 2.66. The van der Waals surface area contributed by atoms with E-state index in [0.717, 1.165) is 37.7 Å². The van der Waals surface area contributed by atoms with Crippen molar-refractivity contribution in [2.45, 2.75) is 19.6 Å². The van der Waals surface area contributed by atoms with Gasteiger partial charge in [-0.2, -0.15) is 0 Å². The molecular weight excluding hydrogens is 194 g/mol. The first-order valence-corrected chi connectivity index (χ1v) is 5.30. The molecule has 2 heterocycles. The Labute approximate surface area is 89.2 Å². The van der Waals surface area contributed by atoms with Crippen LogP contribution in [-0.2, 0) is 11.3 Å². The minimum atomic E-state index is 0.266. The first-order chi connectivity index (χ1) is 7.34. The monoisotopic (exact) mass is 211 g/mol. The normalized spacial score (nSPS) is 21.8. The molecule has 0 saturated carbocycles. The molecule has 1 aromatic rings. The molecule has 5 heteroatoms. The van der Waals surface area contributed by atoms with E-state index < -0.39 is 0 Å². The molecule has 0 bridgehead atoms. The number of nitrogens with zero attached hydrogens (tertiary/aromatic N) is 1. The summed E-state index contributed by atoms with van der Waals surface area (Å²) in [6.07, 6.45) is 0.266. The smallest absolute Gasteiger partial charge is 0.150 e. The van der Waals surface area contributed by atoms with Crippen molar-refractivity contribution in [2.75, 3.05) is 26.2 Å². The van der Waals surface area contributed by atoms with E-state index in [4.69, 9.17) is 9.26 Å². The number of rotatable bonds is 4. The Morgan fingerprint density at radius 2 is 2.60 bits per heavy atom. The average molecular weight is 211 g/mol. The Balaban J connectivity index is 1.65. The van der Waals surface area contributed by atoms with Crippen LogP contribution in [0, 0.1) is 6.92 Å². The number of hydrogen-bond acceptors (Lipinski definition) is 5. The Morgan fingerprint density at radius 1 is 1.67 bits per heavy atom. The van der Waals surface area contributed by atoms with Crippen molar-refractivity contribution >= 4 is 0 Å². The summed E-state index contributed by atoms with van der Waals surface area (Å²) in [7, 11) is 0. The van der Waals surface area contributed by atoms with Crippen LogP contribution in [0.3, 0.4) is 0 Å². The lowest BCUT2D eigenvalue weighted by atomic mass is 10.3. The molecule has 2 rings (SSSR count). The molecule has 1 atom stereocenters. The third-order valence-corrected chi connectivity index (χ3v) is 2.35. The maximum absolute atomic E-state index is 5.55. The van der Waals surface area contributed by atoms with E-state index in [-0.39, 0.29) is 6.10 Å². The molecule has 1 saturated heterocycles. The van der Waals surface area contributed by atoms with Crippen LogP contribution in [0.15, 0.2) is 10.6 Å². The lowest BCUT2D eigenvalue weighted by molar-refractivity contribution is 0.0288. The van der Waals surface area contributed by atoms with Crippen LogP contribution in [0.2, 0.25) is 0 Å². The van der Waals surface area contributed by atoms with Gasteiger partial charge in [-0.3, -0.25) is 0 Å². The fourth-order valence-corrected chi connectivity index (χ4v) is 1.61. The molecule has 2 N–H and O–H groups in total. The van der Waals surface area contributed by atoms with Gasteiger partial charge in [0.25, 0.3) is 0 Å². The third kappa shape index (κ3) is 3.30. The van der Waals surface area contributed by atoms with E-state index in [2.05, 4.69) is 15.8 Å². The number of aromatic nitrogens is 1. The molecule has 84 valence electrons. The summed E-state index contributed by atoms with van der Waals surface area (Å²) in [4.78, 5) is 0. The first-order valence-electron chi connectivity index (χ1n) is 5.30. The van der Waals surface area contributed by atoms with Crippen LogP contribution in [0.25, 0.3) is 0 Å². The Morgan fingerprint density at radius 3 is 3.27 bits per heavy atom. The Kier molecular flexibility index (Phi) is 3.71. The molecule has 0 amide bonds. The molecule has 15 heavy (non-hydrogen) atoms. The van der Waals surface area contributed by atoms with Crippen molar-refractivity contribution in [1.29, 1.82) is 0 Å². The zero-order valence-electron chi connectivity index (χ0n) is 8.95. The molecular formula is C10H17N3O2. The number of hydrogen-bond donors (Lipinski definition) is 2. The zero-order valence-corrected chi connectivity index (χ0v) is 8.95. The van der Waals surface area contributed by atoms with Gasteiger partial charge in [0.05, 0.1) is 24.9 Å². The number of nitrogens with one attached hydrogen (secondary N) is 2. The van der Waals surface area contributed by atoms with Gasteiger partial charge in [0.1, 0.15) is 0 Å². The van der Waals surface area contributed by atoms with Crippen molar-refractivity contribution < 1.29 is 9.26 Å². The van der Waals surface area contributed by atoms with Crippen molar-refractivity contribution in [3.8, 4) is 0 Å². The van der Waals surface area contributed by atoms with Crippen LogP contribution in [0.5, 0.6) is 0 Å². The van der Waals surface area contributed by atoms with Gasteiger partial charge in [0, 0.05) is 25.7 Å². The topological polar surface area (TPSA) is 59.3 Å². The molecule has 0 radical (unpaired) electrons. The molecule has 1 aliphatic heterocycles. The van der Waals surface area contributed by atoms with Crippen LogP contribution >= 0.6 is 0 Å². The minimum absolute atomic E-state index is 0.266. The van der Waals surface area contributed by atoms with Gasteiger partial charge in [-0.15, -0.1) is 0 Å². The summed E-state index contributed by atoms with van der Waals surface area (Å²) < 4.78 is 10.6. The zero-order chi connectivity index (χ0) is 10.5. The van der Waals surface area contributed by atoms with E-state index in [9.17, 15) is 0 Å². The third-order valence-electron chi connectivity index (χ3n) is 2.35. The summed E-state index contributed by atoms with van der Waals surface area (Å²) in [5, 5.41) is 10.4. The second kappa shape index (κ2) is 5.25. The van der Waals surface area contributed by atoms with Crippen molar-refractivity contribution in [1.82, 2.24) is 15.8 Å². The quantitative estimate of drug-likeness (QED) is 0.737. The SMILES string of the molecule is Cc1cc(CNCC2CNCCO2)on1. The lowest BCUT2D eigenvalue weighted by Gasteiger charge is -2.23. The standard InChI is InChI=1S/C10H17N3O2/c1-8-4-9(15-13-8)5-12-7-10-6-11-2-3-14-10/h4,10-12H,2-3,5-7H2,1H3. The minimum Gasteiger partial charge on any atom is -0.374 e. The summed E-state index contributed by atoms with van der Waals surface area (Å²) in [6, 6.07) is 1.94. The number of morpholine rings is 1. The van der Waals surface area contributed by atoms with E-state index in [1.54, 1.807) is 0 Å². The highest BCUT2D eigenvalue weighted by Gasteiger charge is 2.12. The van der Waals surface area contributed by atoms with Gasteiger partial charge in [-0.25, -0.2) is 0 Å². The molecule has 0 aliphatic carbocycles. The maximum Gasteiger partial charge on any atom is 0.150 e. The van der Waals surface area contributed by atoms with E-state index in [1.165, 1.54) is 0 Å². The van der Waals surface area contributed by atoms with E-state index in [0.29, 0.717) is 6.54 Å². The predicted octanol–water partition coefficient (Wildman–Crippen LogP) is 0.0610. The second-order valence-electron chi connectivity index (χ2n) is 3.76. The predicted molar refractivity (Wildman–Crippen MR) is 55.6 cm³/mol. The highest BCUT2D eigenvalue weighted by Crippen LogP contribution is 2.01. The van der Waals surface area contributed by atoms with E-state index >= 15 is 0 Å². The molecule has 1 unspecified atom stereocenters. The second-order valence-corrected chi connectivity index (χ2v) is 3.76. The van der Waals surface area contributed by atoms with E-state index in [1.807, 2.05) is 13.0 Å². The van der Waals surface area contributed by atoms with Crippen LogP contribution in [-0.4, -0.2) is 37.5 Å². The highest BCUT2D eigenvalue weighted by atomic mass is 16.5. The van der Waals surface area contributed by atoms with Gasteiger partial charge in [-0.1, -0.05) is 5.16 Å². The number of ether oxygens (including phenoxy) is 1. The van der Waals surface area contributed by atoms with Crippen LogP contribution < -0.4 is 10.6 Å². The lowest BCUT2D eigenvalue weighted by Crippen LogP contribution is -2.43. The molecule has 5 nitrogen and oxygen atoms in total. The molecule has 1 aromatic heterocycles. The largest absolute Gasteiger partial charge is 0.374 e. The van der Waals surface area contributed by atoms with Crippen molar-refractivity contribution in [2.24, 2.45) is 0 Å². The summed E-state index contributed by atoms with van der Waals surface area (Å²) in [6.45, 7) is 6.14. The highest BCUT2D eigenvalue weighted by molar-refractivity contribution is 5.02. The fraction of sp³-hybridized carbons (Fsp3) is 0.700. The maximum atomic E-state index is 5.55. The molecule has 1 aliphatic rings. The molecule has 0 spiro atoms. The molecule has 1 fully saturated rings. The van der Waals surface area contributed by atoms with Crippen LogP contribution in [0.4, 0.5) is 0 Å². The molecule has 0 aromatic carbocycles. The summed E-state index contributed by atoms with van der Waals surface area (Å²) >= 11 is 0. The summed E-state index contributed by atoms with van der Waals surface area (Å²) in [5.74, 6) is 0.872. The van der Waals surface area contributed by atoms with Gasteiger partial charge in [0.15, 0.2) is 5.76 Å². The van der Waals surface area contributed by atoms with Crippen LogP contribution in [0.1, 0.15) is 11.5 Å². The van der Waals surface area contributed by atoms with Crippen molar-refractivity contribution in [3.63, 3.8) is 0 Å². The van der Waals surface area contributed by atoms with Gasteiger partial charge < -0.3 is 19.9 Å². The Hall–Kier alpha value is -0.910.